The van der Waals surface area contributed by atoms with E-state index >= 15 is 0 Å². The molecule has 1 unspecified atom stereocenters. The van der Waals surface area contributed by atoms with Crippen molar-refractivity contribution >= 4 is 11.7 Å². The average molecular weight is 288 g/mol. The van der Waals surface area contributed by atoms with E-state index in [1.807, 2.05) is 24.3 Å². The summed E-state index contributed by atoms with van der Waals surface area (Å²) in [6.07, 6.45) is 0.628. The Kier molecular flexibility index (Phi) is 5.00. The van der Waals surface area contributed by atoms with Gasteiger partial charge in [0.1, 0.15) is 11.9 Å². The van der Waals surface area contributed by atoms with Gasteiger partial charge in [-0.2, -0.15) is 0 Å². The third kappa shape index (κ3) is 4.36. The van der Waals surface area contributed by atoms with Gasteiger partial charge < -0.3 is 20.2 Å². The van der Waals surface area contributed by atoms with Gasteiger partial charge >= 0.3 is 6.03 Å². The smallest absolute Gasteiger partial charge is 0.319 e. The van der Waals surface area contributed by atoms with Crippen LogP contribution < -0.4 is 10.6 Å². The predicted molar refractivity (Wildman–Crippen MR) is 81.2 cm³/mol. The lowest BCUT2D eigenvalue weighted by Gasteiger charge is -2.12. The summed E-state index contributed by atoms with van der Waals surface area (Å²) in [7, 11) is 0. The first-order valence-electron chi connectivity index (χ1n) is 6.92. The predicted octanol–water partition coefficient (Wildman–Crippen LogP) is 3.26. The Hall–Kier alpha value is -2.27. The lowest BCUT2D eigenvalue weighted by Crippen LogP contribution is -2.32. The van der Waals surface area contributed by atoms with Crippen LogP contribution in [0.4, 0.5) is 10.5 Å². The van der Waals surface area contributed by atoms with Gasteiger partial charge in [-0.3, -0.25) is 0 Å². The summed E-state index contributed by atoms with van der Waals surface area (Å²) in [6.45, 7) is 4.28. The molecule has 0 aliphatic heterocycles. The van der Waals surface area contributed by atoms with Gasteiger partial charge in [-0.1, -0.05) is 26.0 Å². The minimum atomic E-state index is -0.854. The van der Waals surface area contributed by atoms with Crippen LogP contribution in [0.25, 0.3) is 0 Å². The number of hydrogen-bond donors (Lipinski definition) is 3. The molecule has 1 heterocycles. The molecular weight excluding hydrogens is 268 g/mol. The van der Waals surface area contributed by atoms with Crippen molar-refractivity contribution < 1.29 is 14.3 Å². The number of urea groups is 1. The van der Waals surface area contributed by atoms with E-state index in [1.165, 1.54) is 6.26 Å². The second kappa shape index (κ2) is 6.95. The summed E-state index contributed by atoms with van der Waals surface area (Å²) >= 11 is 0. The van der Waals surface area contributed by atoms with E-state index in [0.717, 1.165) is 11.3 Å². The van der Waals surface area contributed by atoms with Gasteiger partial charge in [-0.15, -0.1) is 0 Å². The quantitative estimate of drug-likeness (QED) is 0.790. The minimum absolute atomic E-state index is 0.0865. The molecule has 0 bridgehead atoms. The molecule has 112 valence electrons. The minimum Gasteiger partial charge on any atom is -0.467 e. The van der Waals surface area contributed by atoms with Gasteiger partial charge in [0, 0.05) is 5.69 Å². The first-order valence-corrected chi connectivity index (χ1v) is 6.92. The van der Waals surface area contributed by atoms with Crippen molar-refractivity contribution in [3.8, 4) is 0 Å². The first kappa shape index (κ1) is 15.1. The van der Waals surface area contributed by atoms with E-state index < -0.39 is 6.10 Å². The van der Waals surface area contributed by atoms with E-state index in [0.29, 0.717) is 11.7 Å². The van der Waals surface area contributed by atoms with Crippen LogP contribution in [0.3, 0.4) is 0 Å². The summed E-state index contributed by atoms with van der Waals surface area (Å²) in [5.41, 5.74) is 1.88. The van der Waals surface area contributed by atoms with Crippen LogP contribution in [0.1, 0.15) is 37.2 Å². The molecule has 2 rings (SSSR count). The Morgan fingerprint density at radius 3 is 2.76 bits per heavy atom. The molecule has 2 aromatic rings. The number of carbonyl (C=O) groups excluding carboxylic acids is 1. The summed E-state index contributed by atoms with van der Waals surface area (Å²) < 4.78 is 5.07. The summed E-state index contributed by atoms with van der Waals surface area (Å²) in [4.78, 5) is 11.8. The second-order valence-corrected chi connectivity index (χ2v) is 5.15. The topological polar surface area (TPSA) is 74.5 Å². The van der Waals surface area contributed by atoms with Crippen LogP contribution in [0.2, 0.25) is 0 Å². The molecular formula is C16H20N2O3. The van der Waals surface area contributed by atoms with Crippen LogP contribution in [0, 0.1) is 0 Å². The zero-order chi connectivity index (χ0) is 15.2. The molecule has 0 aliphatic carbocycles. The molecule has 1 aromatic heterocycles. The molecule has 0 saturated heterocycles. The number of hydrogen-bond acceptors (Lipinski definition) is 3. The SMILES string of the molecule is CC(C)c1cccc(NC(=O)NCC(O)c2ccco2)c1. The number of rotatable bonds is 5. The molecule has 1 atom stereocenters. The average Bonchev–Trinajstić information content (AvgIpc) is 2.99. The van der Waals surface area contributed by atoms with Gasteiger partial charge in [0.25, 0.3) is 0 Å². The van der Waals surface area contributed by atoms with Crippen LogP contribution >= 0.6 is 0 Å². The van der Waals surface area contributed by atoms with E-state index in [1.54, 1.807) is 12.1 Å². The van der Waals surface area contributed by atoms with Crippen LogP contribution in [0.15, 0.2) is 47.1 Å². The highest BCUT2D eigenvalue weighted by Crippen LogP contribution is 2.18. The number of aliphatic hydroxyl groups excluding tert-OH is 1. The van der Waals surface area contributed by atoms with E-state index in [2.05, 4.69) is 24.5 Å². The highest BCUT2D eigenvalue weighted by atomic mass is 16.4. The third-order valence-electron chi connectivity index (χ3n) is 3.14. The van der Waals surface area contributed by atoms with E-state index in [4.69, 9.17) is 4.42 Å². The van der Waals surface area contributed by atoms with Crippen molar-refractivity contribution in [1.82, 2.24) is 5.32 Å². The first-order chi connectivity index (χ1) is 10.1. The van der Waals surface area contributed by atoms with Crippen LogP contribution in [-0.4, -0.2) is 17.7 Å². The fraction of sp³-hybridized carbons (Fsp3) is 0.312. The highest BCUT2D eigenvalue weighted by Gasteiger charge is 2.12. The number of benzene rings is 1. The van der Waals surface area contributed by atoms with Crippen molar-refractivity contribution in [3.05, 3.63) is 54.0 Å². The molecule has 0 radical (unpaired) electrons. The fourth-order valence-electron chi connectivity index (χ4n) is 1.92. The normalized spacial score (nSPS) is 12.2. The zero-order valence-corrected chi connectivity index (χ0v) is 12.2. The zero-order valence-electron chi connectivity index (χ0n) is 12.2. The molecule has 5 nitrogen and oxygen atoms in total. The van der Waals surface area contributed by atoms with Gasteiger partial charge in [-0.25, -0.2) is 4.79 Å². The molecule has 2 amide bonds. The molecule has 0 saturated carbocycles. The van der Waals surface area contributed by atoms with Crippen molar-refractivity contribution in [3.63, 3.8) is 0 Å². The van der Waals surface area contributed by atoms with Gasteiger partial charge in [0.05, 0.1) is 12.8 Å². The summed E-state index contributed by atoms with van der Waals surface area (Å²) in [5.74, 6) is 0.827. The number of carbonyl (C=O) groups is 1. The van der Waals surface area contributed by atoms with Crippen molar-refractivity contribution in [2.24, 2.45) is 0 Å². The Morgan fingerprint density at radius 2 is 2.10 bits per heavy atom. The van der Waals surface area contributed by atoms with Gasteiger partial charge in [0.15, 0.2) is 0 Å². The summed E-state index contributed by atoms with van der Waals surface area (Å²) in [5, 5.41) is 15.2. The van der Waals surface area contributed by atoms with Crippen molar-refractivity contribution in [2.75, 3.05) is 11.9 Å². The maximum absolute atomic E-state index is 11.8. The van der Waals surface area contributed by atoms with Crippen LogP contribution in [0.5, 0.6) is 0 Å². The molecule has 3 N–H and O–H groups in total. The Morgan fingerprint density at radius 1 is 1.29 bits per heavy atom. The molecule has 0 fully saturated rings. The monoisotopic (exact) mass is 288 g/mol. The Bertz CT molecular complexity index is 579. The lowest BCUT2D eigenvalue weighted by molar-refractivity contribution is 0.149. The molecule has 5 heteroatoms. The molecule has 0 aliphatic rings. The summed E-state index contributed by atoms with van der Waals surface area (Å²) in [6, 6.07) is 10.7. The number of aliphatic hydroxyl groups is 1. The van der Waals surface area contributed by atoms with Gasteiger partial charge in [-0.05, 0) is 35.7 Å². The third-order valence-corrected chi connectivity index (χ3v) is 3.14. The number of amides is 2. The number of anilines is 1. The van der Waals surface area contributed by atoms with E-state index in [9.17, 15) is 9.90 Å². The second-order valence-electron chi connectivity index (χ2n) is 5.15. The number of nitrogens with one attached hydrogen (secondary N) is 2. The van der Waals surface area contributed by atoms with Crippen molar-refractivity contribution in [2.45, 2.75) is 25.9 Å². The molecule has 0 spiro atoms. The van der Waals surface area contributed by atoms with E-state index in [-0.39, 0.29) is 12.6 Å². The molecule has 21 heavy (non-hydrogen) atoms. The highest BCUT2D eigenvalue weighted by molar-refractivity contribution is 5.89. The fourth-order valence-corrected chi connectivity index (χ4v) is 1.92. The lowest BCUT2D eigenvalue weighted by atomic mass is 10.0. The maximum atomic E-state index is 11.8. The van der Waals surface area contributed by atoms with Crippen molar-refractivity contribution in [1.29, 1.82) is 0 Å². The molecule has 1 aromatic carbocycles. The largest absolute Gasteiger partial charge is 0.467 e. The standard InChI is InChI=1S/C16H20N2O3/c1-11(2)12-5-3-6-13(9-12)18-16(20)17-10-14(19)15-7-4-8-21-15/h3-9,11,14,19H,10H2,1-2H3,(H2,17,18,20). The number of furan rings is 1. The van der Waals surface area contributed by atoms with Gasteiger partial charge in [0.2, 0.25) is 0 Å². The maximum Gasteiger partial charge on any atom is 0.319 e. The Labute approximate surface area is 124 Å². The Balaban J connectivity index is 1.86. The van der Waals surface area contributed by atoms with Crippen LogP contribution in [-0.2, 0) is 0 Å².